The summed E-state index contributed by atoms with van der Waals surface area (Å²) in [5.41, 5.74) is 1.27. The molecule has 0 saturated heterocycles. The molecule has 0 spiro atoms. The number of rotatable bonds is 12. The molecule has 2 amide bonds. The molecule has 3 rings (SSSR count). The first kappa shape index (κ1) is 29.8. The molecule has 0 aromatic heterocycles. The quantitative estimate of drug-likeness (QED) is 0.313. The van der Waals surface area contributed by atoms with Crippen molar-refractivity contribution in [1.29, 1.82) is 0 Å². The highest BCUT2D eigenvalue weighted by Gasteiger charge is 2.21. The summed E-state index contributed by atoms with van der Waals surface area (Å²) in [6, 6.07) is 16.6. The fraction of sp³-hybridized carbons (Fsp3) is 0.222. The Morgan fingerprint density at radius 2 is 1.43 bits per heavy atom. The number of sulfonamides is 1. The van der Waals surface area contributed by atoms with Crippen LogP contribution in [0.2, 0.25) is 0 Å². The van der Waals surface area contributed by atoms with E-state index < -0.39 is 35.1 Å². The average Bonchev–Trinajstić information content (AvgIpc) is 2.94. The van der Waals surface area contributed by atoms with E-state index in [1.54, 1.807) is 18.2 Å². The number of esters is 1. The van der Waals surface area contributed by atoms with Crippen LogP contribution in [0.25, 0.3) is 0 Å². The molecule has 2 N–H and O–H groups in total. The zero-order valence-electron chi connectivity index (χ0n) is 22.3. The van der Waals surface area contributed by atoms with Gasteiger partial charge in [-0.25, -0.2) is 13.2 Å². The van der Waals surface area contributed by atoms with Crippen LogP contribution in [0, 0.1) is 0 Å². The van der Waals surface area contributed by atoms with Gasteiger partial charge in [0.25, 0.3) is 15.9 Å². The van der Waals surface area contributed by atoms with Crippen molar-refractivity contribution < 1.29 is 41.7 Å². The summed E-state index contributed by atoms with van der Waals surface area (Å²) >= 11 is 0. The average molecular weight is 572 g/mol. The van der Waals surface area contributed by atoms with Crippen molar-refractivity contribution in [2.45, 2.75) is 11.8 Å². The molecule has 0 bridgehead atoms. The first-order valence-corrected chi connectivity index (χ1v) is 13.2. The van der Waals surface area contributed by atoms with Crippen LogP contribution in [-0.4, -0.2) is 60.7 Å². The molecular formula is C27H29N3O9S. The molecule has 0 atom stereocenters. The number of hydrogen-bond donors (Lipinski definition) is 2. The van der Waals surface area contributed by atoms with Gasteiger partial charge in [-0.1, -0.05) is 0 Å². The largest absolute Gasteiger partial charge is 0.493 e. The van der Waals surface area contributed by atoms with Crippen molar-refractivity contribution >= 4 is 44.9 Å². The van der Waals surface area contributed by atoms with Gasteiger partial charge in [0, 0.05) is 31.4 Å². The van der Waals surface area contributed by atoms with Crippen LogP contribution < -0.4 is 29.1 Å². The summed E-state index contributed by atoms with van der Waals surface area (Å²) in [5.74, 6) is -0.369. The van der Waals surface area contributed by atoms with E-state index in [0.717, 1.165) is 4.31 Å². The van der Waals surface area contributed by atoms with Crippen molar-refractivity contribution in [1.82, 2.24) is 0 Å². The van der Waals surface area contributed by atoms with E-state index in [4.69, 9.17) is 18.9 Å². The Morgan fingerprint density at radius 3 is 2.02 bits per heavy atom. The van der Waals surface area contributed by atoms with Gasteiger partial charge in [-0.05, 0) is 60.7 Å². The smallest absolute Gasteiger partial charge is 0.344 e. The van der Waals surface area contributed by atoms with Crippen LogP contribution in [-0.2, 0) is 29.1 Å². The van der Waals surface area contributed by atoms with Crippen molar-refractivity contribution in [2.24, 2.45) is 0 Å². The molecule has 0 aliphatic rings. The van der Waals surface area contributed by atoms with Gasteiger partial charge in [0.2, 0.25) is 5.91 Å². The molecule has 3 aromatic carbocycles. The van der Waals surface area contributed by atoms with Gasteiger partial charge in [-0.3, -0.25) is 13.9 Å². The number of nitrogens with zero attached hydrogens (tertiary/aromatic N) is 1. The van der Waals surface area contributed by atoms with E-state index in [9.17, 15) is 22.8 Å². The lowest BCUT2D eigenvalue weighted by molar-refractivity contribution is -0.149. The Bertz CT molecular complexity index is 1460. The first-order chi connectivity index (χ1) is 19.0. The van der Waals surface area contributed by atoms with Crippen LogP contribution in [0.15, 0.2) is 71.6 Å². The number of benzene rings is 3. The zero-order chi connectivity index (χ0) is 29.3. The lowest BCUT2D eigenvalue weighted by Gasteiger charge is -2.20. The summed E-state index contributed by atoms with van der Waals surface area (Å²) in [6.45, 7) is 0.373. The van der Waals surface area contributed by atoms with Crippen LogP contribution in [0.5, 0.6) is 17.2 Å². The van der Waals surface area contributed by atoms with Crippen molar-refractivity contribution in [3.05, 3.63) is 66.7 Å². The second kappa shape index (κ2) is 13.3. The molecule has 0 fully saturated rings. The predicted octanol–water partition coefficient (Wildman–Crippen LogP) is 3.05. The number of carbonyl (C=O) groups excluding carboxylic acids is 3. The normalized spacial score (nSPS) is 10.7. The molecule has 212 valence electrons. The minimum atomic E-state index is -3.87. The first-order valence-electron chi connectivity index (χ1n) is 11.8. The summed E-state index contributed by atoms with van der Waals surface area (Å²) in [7, 11) is 0.495. The number of ether oxygens (including phenoxy) is 4. The third kappa shape index (κ3) is 7.86. The SMILES string of the molecule is COc1ccc(NC(=O)COC(=O)COc2ccc(N(C)S(=O)(=O)c3ccc(NC(C)=O)cc3)cc2)cc1OC. The lowest BCUT2D eigenvalue weighted by Crippen LogP contribution is -2.26. The topological polar surface area (TPSA) is 150 Å². The highest BCUT2D eigenvalue weighted by atomic mass is 32.2. The molecule has 0 saturated carbocycles. The Labute approximate surface area is 231 Å². The predicted molar refractivity (Wildman–Crippen MR) is 147 cm³/mol. The maximum Gasteiger partial charge on any atom is 0.344 e. The number of nitrogens with one attached hydrogen (secondary N) is 2. The highest BCUT2D eigenvalue weighted by molar-refractivity contribution is 7.92. The molecule has 12 nitrogen and oxygen atoms in total. The summed E-state index contributed by atoms with van der Waals surface area (Å²) < 4.78 is 47.7. The number of methoxy groups -OCH3 is 2. The van der Waals surface area contributed by atoms with Crippen molar-refractivity contribution in [3.8, 4) is 17.2 Å². The molecule has 0 heterocycles. The highest BCUT2D eigenvalue weighted by Crippen LogP contribution is 2.29. The molecule has 0 aliphatic heterocycles. The Balaban J connectivity index is 1.49. The standard InChI is InChI=1S/C27H29N3O9S/c1-18(31)28-19-5-12-23(13-6-19)40(34,35)30(2)21-8-10-22(11-9-21)38-17-27(33)39-16-26(32)29-20-7-14-24(36-3)25(15-20)37-4/h5-15H,16-17H2,1-4H3,(H,28,31)(H,29,32). The van der Waals surface area contributed by atoms with Gasteiger partial charge in [-0.2, -0.15) is 0 Å². The Kier molecular flexibility index (Phi) is 9.92. The van der Waals surface area contributed by atoms with Gasteiger partial charge in [-0.15, -0.1) is 0 Å². The zero-order valence-corrected chi connectivity index (χ0v) is 23.1. The maximum atomic E-state index is 13.0. The fourth-order valence-electron chi connectivity index (χ4n) is 3.40. The van der Waals surface area contributed by atoms with Crippen LogP contribution in [0.3, 0.4) is 0 Å². The fourth-order valence-corrected chi connectivity index (χ4v) is 4.60. The third-order valence-electron chi connectivity index (χ3n) is 5.42. The van der Waals surface area contributed by atoms with Crippen molar-refractivity contribution in [3.63, 3.8) is 0 Å². The maximum absolute atomic E-state index is 13.0. The minimum Gasteiger partial charge on any atom is -0.493 e. The van der Waals surface area contributed by atoms with Gasteiger partial charge < -0.3 is 29.6 Å². The van der Waals surface area contributed by atoms with Crippen LogP contribution in [0.1, 0.15) is 6.92 Å². The second-order valence-corrected chi connectivity index (χ2v) is 10.2. The van der Waals surface area contributed by atoms with Crippen LogP contribution in [0.4, 0.5) is 17.1 Å². The number of amides is 2. The van der Waals surface area contributed by atoms with Gasteiger partial charge in [0.05, 0.1) is 24.8 Å². The van der Waals surface area contributed by atoms with E-state index in [2.05, 4.69) is 10.6 Å². The van der Waals surface area contributed by atoms with Gasteiger partial charge >= 0.3 is 5.97 Å². The molecule has 0 unspecified atom stereocenters. The molecule has 3 aromatic rings. The van der Waals surface area contributed by atoms with E-state index in [-0.39, 0.29) is 10.8 Å². The Morgan fingerprint density at radius 1 is 0.800 bits per heavy atom. The molecule has 0 aliphatic carbocycles. The summed E-state index contributed by atoms with van der Waals surface area (Å²) in [5, 5.41) is 5.16. The number of anilines is 3. The van der Waals surface area contributed by atoms with Crippen LogP contribution >= 0.6 is 0 Å². The molecule has 13 heteroatoms. The summed E-state index contributed by atoms with van der Waals surface area (Å²) in [6.07, 6.45) is 0. The monoisotopic (exact) mass is 571 g/mol. The minimum absolute atomic E-state index is 0.0438. The van der Waals surface area contributed by atoms with E-state index in [1.165, 1.54) is 76.7 Å². The molecule has 0 radical (unpaired) electrons. The second-order valence-electron chi connectivity index (χ2n) is 8.24. The molecule has 40 heavy (non-hydrogen) atoms. The molecular weight excluding hydrogens is 542 g/mol. The number of carbonyl (C=O) groups is 3. The summed E-state index contributed by atoms with van der Waals surface area (Å²) in [4.78, 5) is 35.3. The van der Waals surface area contributed by atoms with Gasteiger partial charge in [0.15, 0.2) is 24.7 Å². The Hall–Kier alpha value is -4.78. The van der Waals surface area contributed by atoms with E-state index in [0.29, 0.717) is 34.3 Å². The lowest BCUT2D eigenvalue weighted by atomic mass is 10.2. The van der Waals surface area contributed by atoms with E-state index in [1.807, 2.05) is 0 Å². The van der Waals surface area contributed by atoms with E-state index >= 15 is 0 Å². The van der Waals surface area contributed by atoms with Crippen molar-refractivity contribution in [2.75, 3.05) is 49.4 Å². The van der Waals surface area contributed by atoms with Gasteiger partial charge in [0.1, 0.15) is 5.75 Å². The third-order valence-corrected chi connectivity index (χ3v) is 7.22. The number of hydrogen-bond acceptors (Lipinski definition) is 9.